The van der Waals surface area contributed by atoms with Crippen molar-refractivity contribution in [3.05, 3.63) is 30.3 Å². The minimum absolute atomic E-state index is 0.184. The zero-order valence-electron chi connectivity index (χ0n) is 12.3. The number of ether oxygens (including phenoxy) is 1. The van der Waals surface area contributed by atoms with Crippen LogP contribution in [-0.4, -0.2) is 55.5 Å². The average molecular weight is 276 g/mol. The van der Waals surface area contributed by atoms with Crippen molar-refractivity contribution in [1.29, 1.82) is 0 Å². The number of benzene rings is 1. The highest BCUT2D eigenvalue weighted by atomic mass is 16.5. The Morgan fingerprint density at radius 3 is 2.60 bits per heavy atom. The van der Waals surface area contributed by atoms with E-state index in [2.05, 4.69) is 4.90 Å². The molecule has 0 spiro atoms. The first-order chi connectivity index (χ1) is 9.75. The molecule has 20 heavy (non-hydrogen) atoms. The van der Waals surface area contributed by atoms with E-state index in [0.29, 0.717) is 19.7 Å². The van der Waals surface area contributed by atoms with Gasteiger partial charge in [0.05, 0.1) is 13.1 Å². The van der Waals surface area contributed by atoms with Crippen LogP contribution in [0, 0.1) is 0 Å². The number of carbonyl (C=O) groups is 1. The number of nitrogens with zero attached hydrogens (tertiary/aromatic N) is 2. The van der Waals surface area contributed by atoms with Crippen LogP contribution < -0.4 is 4.74 Å². The van der Waals surface area contributed by atoms with Crippen LogP contribution in [0.3, 0.4) is 0 Å². The molecule has 1 aromatic rings. The molecule has 1 aromatic carbocycles. The molecule has 0 saturated carbocycles. The number of hydrogen-bond acceptors (Lipinski definition) is 3. The lowest BCUT2D eigenvalue weighted by Gasteiger charge is -2.28. The first-order valence-electron chi connectivity index (χ1n) is 7.40. The first-order valence-corrected chi connectivity index (χ1v) is 7.40. The standard InChI is InChI=1S/C16H24N2O2/c1-17(12-13-20-15-8-4-2-5-9-15)16(19)14-18-10-6-3-7-11-18/h2,4-5,8-9H,3,6-7,10-14H2,1H3. The van der Waals surface area contributed by atoms with Crippen molar-refractivity contribution in [2.24, 2.45) is 0 Å². The van der Waals surface area contributed by atoms with Gasteiger partial charge in [-0.15, -0.1) is 0 Å². The third-order valence-electron chi connectivity index (χ3n) is 3.67. The van der Waals surface area contributed by atoms with Gasteiger partial charge in [0.2, 0.25) is 5.91 Å². The Labute approximate surface area is 121 Å². The molecule has 1 aliphatic rings. The molecule has 0 bridgehead atoms. The van der Waals surface area contributed by atoms with Gasteiger partial charge in [-0.05, 0) is 38.1 Å². The van der Waals surface area contributed by atoms with Crippen molar-refractivity contribution in [2.45, 2.75) is 19.3 Å². The molecule has 4 heteroatoms. The van der Waals surface area contributed by atoms with Gasteiger partial charge in [0, 0.05) is 7.05 Å². The molecular formula is C16H24N2O2. The van der Waals surface area contributed by atoms with Crippen molar-refractivity contribution in [2.75, 3.05) is 39.8 Å². The average Bonchev–Trinajstić information content (AvgIpc) is 2.49. The summed E-state index contributed by atoms with van der Waals surface area (Å²) in [4.78, 5) is 16.1. The number of rotatable bonds is 6. The van der Waals surface area contributed by atoms with E-state index in [4.69, 9.17) is 4.74 Å². The minimum atomic E-state index is 0.184. The second kappa shape index (κ2) is 7.90. The highest BCUT2D eigenvalue weighted by Gasteiger charge is 2.16. The summed E-state index contributed by atoms with van der Waals surface area (Å²) in [6.07, 6.45) is 3.73. The molecule has 1 aliphatic heterocycles. The van der Waals surface area contributed by atoms with Gasteiger partial charge in [0.15, 0.2) is 0 Å². The van der Waals surface area contributed by atoms with Crippen LogP contribution in [-0.2, 0) is 4.79 Å². The topological polar surface area (TPSA) is 32.8 Å². The van der Waals surface area contributed by atoms with E-state index in [-0.39, 0.29) is 5.91 Å². The molecule has 0 unspecified atom stereocenters. The summed E-state index contributed by atoms with van der Waals surface area (Å²) in [7, 11) is 1.85. The van der Waals surface area contributed by atoms with Crippen molar-refractivity contribution in [3.8, 4) is 5.75 Å². The largest absolute Gasteiger partial charge is 0.492 e. The van der Waals surface area contributed by atoms with Gasteiger partial charge < -0.3 is 9.64 Å². The molecule has 1 saturated heterocycles. The number of para-hydroxylation sites is 1. The predicted octanol–water partition coefficient (Wildman–Crippen LogP) is 2.01. The van der Waals surface area contributed by atoms with Gasteiger partial charge >= 0.3 is 0 Å². The lowest BCUT2D eigenvalue weighted by molar-refractivity contribution is -0.131. The molecule has 0 atom stereocenters. The quantitative estimate of drug-likeness (QED) is 0.797. The van der Waals surface area contributed by atoms with Crippen LogP contribution >= 0.6 is 0 Å². The number of likely N-dealkylation sites (tertiary alicyclic amines) is 1. The van der Waals surface area contributed by atoms with Crippen LogP contribution in [0.1, 0.15) is 19.3 Å². The third-order valence-corrected chi connectivity index (χ3v) is 3.67. The van der Waals surface area contributed by atoms with Crippen LogP contribution in [0.5, 0.6) is 5.75 Å². The molecule has 0 N–H and O–H groups in total. The van der Waals surface area contributed by atoms with Crippen molar-refractivity contribution in [3.63, 3.8) is 0 Å². The van der Waals surface area contributed by atoms with E-state index in [0.717, 1.165) is 18.8 Å². The second-order valence-electron chi connectivity index (χ2n) is 5.31. The van der Waals surface area contributed by atoms with Crippen LogP contribution in [0.4, 0.5) is 0 Å². The van der Waals surface area contributed by atoms with Crippen LogP contribution in [0.25, 0.3) is 0 Å². The summed E-state index contributed by atoms with van der Waals surface area (Å²) < 4.78 is 5.61. The zero-order chi connectivity index (χ0) is 14.2. The van der Waals surface area contributed by atoms with Gasteiger partial charge in [-0.2, -0.15) is 0 Å². The van der Waals surface area contributed by atoms with E-state index in [9.17, 15) is 4.79 Å². The van der Waals surface area contributed by atoms with Gasteiger partial charge in [-0.1, -0.05) is 24.6 Å². The molecule has 1 heterocycles. The maximum atomic E-state index is 12.1. The molecule has 1 fully saturated rings. The number of carbonyl (C=O) groups excluding carboxylic acids is 1. The van der Waals surface area contributed by atoms with E-state index in [1.54, 1.807) is 4.90 Å². The van der Waals surface area contributed by atoms with Crippen LogP contribution in [0.15, 0.2) is 30.3 Å². The summed E-state index contributed by atoms with van der Waals surface area (Å²) >= 11 is 0. The number of amides is 1. The molecular weight excluding hydrogens is 252 g/mol. The Morgan fingerprint density at radius 1 is 1.20 bits per heavy atom. The molecule has 0 radical (unpaired) electrons. The summed E-state index contributed by atoms with van der Waals surface area (Å²) in [6.45, 7) is 3.82. The summed E-state index contributed by atoms with van der Waals surface area (Å²) in [5, 5.41) is 0. The third kappa shape index (κ3) is 4.85. The van der Waals surface area contributed by atoms with E-state index in [1.807, 2.05) is 37.4 Å². The van der Waals surface area contributed by atoms with Crippen molar-refractivity contribution >= 4 is 5.91 Å². The smallest absolute Gasteiger partial charge is 0.236 e. The van der Waals surface area contributed by atoms with Gasteiger partial charge in [-0.25, -0.2) is 0 Å². The van der Waals surface area contributed by atoms with Gasteiger partial charge in [-0.3, -0.25) is 9.69 Å². The second-order valence-corrected chi connectivity index (χ2v) is 5.31. The van der Waals surface area contributed by atoms with Gasteiger partial charge in [0.25, 0.3) is 0 Å². The molecule has 4 nitrogen and oxygen atoms in total. The van der Waals surface area contributed by atoms with Crippen molar-refractivity contribution in [1.82, 2.24) is 9.80 Å². The SMILES string of the molecule is CN(CCOc1ccccc1)C(=O)CN1CCCCC1. The monoisotopic (exact) mass is 276 g/mol. The maximum Gasteiger partial charge on any atom is 0.236 e. The fourth-order valence-corrected chi connectivity index (χ4v) is 2.37. The minimum Gasteiger partial charge on any atom is -0.492 e. The van der Waals surface area contributed by atoms with Crippen molar-refractivity contribution < 1.29 is 9.53 Å². The highest BCUT2D eigenvalue weighted by Crippen LogP contribution is 2.09. The summed E-state index contributed by atoms with van der Waals surface area (Å²) in [5.41, 5.74) is 0. The lowest BCUT2D eigenvalue weighted by Crippen LogP contribution is -2.41. The Kier molecular flexibility index (Phi) is 5.87. The molecule has 0 aromatic heterocycles. The summed E-state index contributed by atoms with van der Waals surface area (Å²) in [6, 6.07) is 9.70. The normalized spacial score (nSPS) is 15.8. The maximum absolute atomic E-state index is 12.1. The summed E-state index contributed by atoms with van der Waals surface area (Å²) in [5.74, 6) is 1.04. The predicted molar refractivity (Wildman–Crippen MR) is 79.9 cm³/mol. The highest BCUT2D eigenvalue weighted by molar-refractivity contribution is 5.78. The van der Waals surface area contributed by atoms with E-state index >= 15 is 0 Å². The fraction of sp³-hybridized carbons (Fsp3) is 0.562. The Balaban J connectivity index is 1.65. The molecule has 110 valence electrons. The first kappa shape index (κ1) is 14.9. The van der Waals surface area contributed by atoms with Gasteiger partial charge in [0.1, 0.15) is 12.4 Å². The fourth-order valence-electron chi connectivity index (χ4n) is 2.37. The van der Waals surface area contributed by atoms with E-state index < -0.39 is 0 Å². The number of likely N-dealkylation sites (N-methyl/N-ethyl adjacent to an activating group) is 1. The molecule has 2 rings (SSSR count). The number of hydrogen-bond donors (Lipinski definition) is 0. The van der Waals surface area contributed by atoms with Crippen LogP contribution in [0.2, 0.25) is 0 Å². The lowest BCUT2D eigenvalue weighted by atomic mass is 10.1. The Bertz CT molecular complexity index is 402. The molecule has 1 amide bonds. The zero-order valence-corrected chi connectivity index (χ0v) is 12.3. The number of piperidine rings is 1. The van der Waals surface area contributed by atoms with E-state index in [1.165, 1.54) is 19.3 Å². The Hall–Kier alpha value is -1.55. The molecule has 0 aliphatic carbocycles. The Morgan fingerprint density at radius 2 is 1.90 bits per heavy atom.